The van der Waals surface area contributed by atoms with Crippen molar-refractivity contribution in [2.24, 2.45) is 17.3 Å². The molecule has 1 saturated carbocycles. The minimum Gasteiger partial charge on any atom is -0.444 e. The zero-order valence-electron chi connectivity index (χ0n) is 23.1. The van der Waals surface area contributed by atoms with Crippen LogP contribution in [0.15, 0.2) is 6.07 Å². The average molecular weight is 545 g/mol. The van der Waals surface area contributed by atoms with E-state index in [0.717, 1.165) is 30.6 Å². The fourth-order valence-electron chi connectivity index (χ4n) is 5.01. The molecule has 8 nitrogen and oxygen atoms in total. The van der Waals surface area contributed by atoms with Crippen LogP contribution in [0.25, 0.3) is 0 Å². The minimum absolute atomic E-state index is 0.00466. The number of cyclic esters (lactones) is 1. The molecular weight excluding hydrogens is 504 g/mol. The third-order valence-electron chi connectivity index (χ3n) is 7.22. The second kappa shape index (κ2) is 12.1. The number of nitrogens with zero attached hydrogens (tertiary/aromatic N) is 1. The molecular formula is C29H40N2O6S. The highest BCUT2D eigenvalue weighted by atomic mass is 32.1. The van der Waals surface area contributed by atoms with E-state index < -0.39 is 18.3 Å². The molecule has 2 fully saturated rings. The monoisotopic (exact) mass is 544 g/mol. The van der Waals surface area contributed by atoms with E-state index in [2.05, 4.69) is 24.1 Å². The van der Waals surface area contributed by atoms with Gasteiger partial charge in [0.2, 0.25) is 5.91 Å². The number of carbonyl (C=O) groups is 3. The lowest BCUT2D eigenvalue weighted by Crippen LogP contribution is -2.50. The molecule has 0 aromatic carbocycles. The number of alkyl carbamates (subject to hydrolysis) is 1. The van der Waals surface area contributed by atoms with Crippen LogP contribution in [-0.2, 0) is 19.0 Å². The number of nitrogens with one attached hydrogen (secondary N) is 1. The van der Waals surface area contributed by atoms with E-state index >= 15 is 0 Å². The molecule has 1 aromatic heterocycles. The molecule has 0 spiro atoms. The summed E-state index contributed by atoms with van der Waals surface area (Å²) >= 11 is 1.28. The Hall–Kier alpha value is -2.57. The third-order valence-corrected chi connectivity index (χ3v) is 8.24. The standard InChI is InChI=1S/C29H40N2O6S/c1-18-6-9-20(10-7-18)26(32)31-23-16-22(12-14-29(3,4)5)38-25(23)27(33)37-24(31)11-8-19(2)30-28(34)36-21-13-15-35-17-21/h16,18-21,24H,6-11,13,15,17H2,1-5H3,(H,30,34)/t18-,19?,20-,21-,24?/m1/s1. The van der Waals surface area contributed by atoms with Crippen LogP contribution in [0, 0.1) is 29.1 Å². The van der Waals surface area contributed by atoms with Crippen LogP contribution in [0.5, 0.6) is 0 Å². The van der Waals surface area contributed by atoms with Gasteiger partial charge in [0.15, 0.2) is 6.23 Å². The molecule has 3 heterocycles. The predicted molar refractivity (Wildman–Crippen MR) is 146 cm³/mol. The SMILES string of the molecule is CC(CCC1OC(=O)c2sc(C#CC(C)(C)C)cc2N1C(=O)[C@H]1CC[C@H](C)CC1)NC(=O)O[C@@H]1CCOC1. The summed E-state index contributed by atoms with van der Waals surface area (Å²) in [4.78, 5) is 42.0. The summed E-state index contributed by atoms with van der Waals surface area (Å²) in [5.41, 5.74) is 0.413. The van der Waals surface area contributed by atoms with Gasteiger partial charge >= 0.3 is 12.1 Å². The molecule has 2 unspecified atom stereocenters. The maximum absolute atomic E-state index is 13.9. The van der Waals surface area contributed by atoms with Gasteiger partial charge in [-0.3, -0.25) is 9.69 Å². The molecule has 1 saturated heterocycles. The number of anilines is 1. The van der Waals surface area contributed by atoms with E-state index in [-0.39, 0.29) is 29.4 Å². The summed E-state index contributed by atoms with van der Waals surface area (Å²) in [5.74, 6) is 6.49. The van der Waals surface area contributed by atoms with Crippen molar-refractivity contribution < 1.29 is 28.6 Å². The number of fused-ring (bicyclic) bond motifs is 1. The van der Waals surface area contributed by atoms with Crippen LogP contribution in [-0.4, -0.2) is 49.6 Å². The van der Waals surface area contributed by atoms with Gasteiger partial charge in [-0.15, -0.1) is 11.3 Å². The lowest BCUT2D eigenvalue weighted by Gasteiger charge is -2.38. The van der Waals surface area contributed by atoms with Gasteiger partial charge < -0.3 is 19.5 Å². The van der Waals surface area contributed by atoms with Gasteiger partial charge in [0.05, 0.1) is 23.8 Å². The van der Waals surface area contributed by atoms with Crippen molar-refractivity contribution in [2.75, 3.05) is 18.1 Å². The van der Waals surface area contributed by atoms with Crippen LogP contribution in [0.2, 0.25) is 0 Å². The smallest absolute Gasteiger partial charge is 0.407 e. The molecule has 4 rings (SSSR count). The van der Waals surface area contributed by atoms with Crippen LogP contribution < -0.4 is 10.2 Å². The zero-order valence-corrected chi connectivity index (χ0v) is 23.9. The molecule has 2 aliphatic heterocycles. The number of amides is 2. The zero-order chi connectivity index (χ0) is 27.4. The maximum Gasteiger partial charge on any atom is 0.407 e. The van der Waals surface area contributed by atoms with Crippen LogP contribution in [0.1, 0.15) is 94.1 Å². The highest BCUT2D eigenvalue weighted by molar-refractivity contribution is 7.15. The molecule has 3 aliphatic rings. The molecule has 0 radical (unpaired) electrons. The highest BCUT2D eigenvalue weighted by Gasteiger charge is 2.41. The Kier molecular flexibility index (Phi) is 9.04. The summed E-state index contributed by atoms with van der Waals surface area (Å²) in [6.45, 7) is 11.2. The fraction of sp³-hybridized carbons (Fsp3) is 0.690. The van der Waals surface area contributed by atoms with Crippen LogP contribution in [0.4, 0.5) is 10.5 Å². The van der Waals surface area contributed by atoms with Gasteiger partial charge in [-0.2, -0.15) is 0 Å². The Bertz CT molecular complexity index is 1080. The van der Waals surface area contributed by atoms with E-state index in [4.69, 9.17) is 14.2 Å². The van der Waals surface area contributed by atoms with Crippen LogP contribution >= 0.6 is 11.3 Å². The van der Waals surface area contributed by atoms with Crippen molar-refractivity contribution in [2.45, 2.75) is 97.9 Å². The Morgan fingerprint density at radius 2 is 1.97 bits per heavy atom. The second-order valence-electron chi connectivity index (χ2n) is 11.9. The van der Waals surface area contributed by atoms with Gasteiger partial charge in [0.1, 0.15) is 11.0 Å². The lowest BCUT2D eigenvalue weighted by atomic mass is 9.82. The number of ether oxygens (including phenoxy) is 3. The molecule has 1 N–H and O–H groups in total. The van der Waals surface area contributed by atoms with E-state index in [9.17, 15) is 14.4 Å². The van der Waals surface area contributed by atoms with Crippen molar-refractivity contribution in [3.63, 3.8) is 0 Å². The summed E-state index contributed by atoms with van der Waals surface area (Å²) in [6, 6.07) is 1.63. The quantitative estimate of drug-likeness (QED) is 0.376. The van der Waals surface area contributed by atoms with Gasteiger partial charge in [0, 0.05) is 30.2 Å². The van der Waals surface area contributed by atoms with Crippen molar-refractivity contribution in [3.05, 3.63) is 15.8 Å². The van der Waals surface area contributed by atoms with E-state index in [0.29, 0.717) is 49.0 Å². The molecule has 1 aliphatic carbocycles. The minimum atomic E-state index is -0.733. The van der Waals surface area contributed by atoms with Crippen LogP contribution in [0.3, 0.4) is 0 Å². The topological polar surface area (TPSA) is 94.2 Å². The molecule has 3 atom stereocenters. The van der Waals surface area contributed by atoms with E-state index in [1.807, 2.05) is 33.8 Å². The first-order valence-corrected chi connectivity index (χ1v) is 14.6. The second-order valence-corrected chi connectivity index (χ2v) is 12.9. The Balaban J connectivity index is 1.50. The van der Waals surface area contributed by atoms with Gasteiger partial charge in [-0.05, 0) is 71.8 Å². The highest BCUT2D eigenvalue weighted by Crippen LogP contribution is 2.40. The maximum atomic E-state index is 13.9. The summed E-state index contributed by atoms with van der Waals surface area (Å²) in [6.07, 6.45) is 3.86. The lowest BCUT2D eigenvalue weighted by molar-refractivity contribution is -0.126. The average Bonchev–Trinajstić information content (AvgIpc) is 3.51. The van der Waals surface area contributed by atoms with Gasteiger partial charge in [0.25, 0.3) is 0 Å². The summed E-state index contributed by atoms with van der Waals surface area (Å²) in [5, 5.41) is 2.85. The normalized spacial score (nSPS) is 26.0. The van der Waals surface area contributed by atoms with E-state index in [1.165, 1.54) is 11.3 Å². The molecule has 2 amide bonds. The number of carbonyl (C=O) groups excluding carboxylic acids is 3. The predicted octanol–water partition coefficient (Wildman–Crippen LogP) is 5.49. The molecule has 38 heavy (non-hydrogen) atoms. The number of rotatable bonds is 6. The Labute approximate surface area is 229 Å². The Morgan fingerprint density at radius 1 is 1.24 bits per heavy atom. The number of thiophene rings is 1. The largest absolute Gasteiger partial charge is 0.444 e. The molecule has 0 bridgehead atoms. The van der Waals surface area contributed by atoms with Gasteiger partial charge in [-0.25, -0.2) is 9.59 Å². The van der Waals surface area contributed by atoms with Crippen molar-refractivity contribution in [3.8, 4) is 11.8 Å². The summed E-state index contributed by atoms with van der Waals surface area (Å²) in [7, 11) is 0. The van der Waals surface area contributed by atoms with Crippen molar-refractivity contribution >= 4 is 35.0 Å². The molecule has 208 valence electrons. The first-order chi connectivity index (χ1) is 18.0. The third kappa shape index (κ3) is 7.29. The molecule has 1 aromatic rings. The van der Waals surface area contributed by atoms with E-state index in [1.54, 1.807) is 4.90 Å². The van der Waals surface area contributed by atoms with Crippen molar-refractivity contribution in [1.29, 1.82) is 0 Å². The first-order valence-electron chi connectivity index (χ1n) is 13.8. The number of hydrogen-bond acceptors (Lipinski definition) is 7. The van der Waals surface area contributed by atoms with Crippen molar-refractivity contribution in [1.82, 2.24) is 5.32 Å². The van der Waals surface area contributed by atoms with Gasteiger partial charge in [-0.1, -0.05) is 18.8 Å². The molecule has 9 heteroatoms. The first kappa shape index (κ1) is 28.4. The number of esters is 1. The Morgan fingerprint density at radius 3 is 2.63 bits per heavy atom. The fourth-order valence-corrected chi connectivity index (χ4v) is 5.90. The number of hydrogen-bond donors (Lipinski definition) is 1. The summed E-state index contributed by atoms with van der Waals surface area (Å²) < 4.78 is 16.5.